The van der Waals surface area contributed by atoms with Gasteiger partial charge in [0.2, 0.25) is 5.75 Å². The minimum atomic E-state index is -4.15. The molecule has 0 fully saturated rings. The van der Waals surface area contributed by atoms with Crippen molar-refractivity contribution in [3.05, 3.63) is 52.2 Å². The molecule has 0 atom stereocenters. The molecule has 2 aromatic carbocycles. The quantitative estimate of drug-likeness (QED) is 0.219. The first kappa shape index (κ1) is 29.7. The number of benzene rings is 2. The molecule has 13 heteroatoms. The monoisotopic (exact) mass is 585 g/mol. The number of aryl methyl sites for hydroxylation is 2. The molecule has 2 aromatic heterocycles. The molecule has 0 aliphatic heterocycles. The van der Waals surface area contributed by atoms with Gasteiger partial charge in [0.05, 0.1) is 49.8 Å². The van der Waals surface area contributed by atoms with Crippen LogP contribution in [0.1, 0.15) is 44.6 Å². The summed E-state index contributed by atoms with van der Waals surface area (Å²) in [6.45, 7) is 6.01. The molecular weight excluding hydrogens is 550 g/mol. The molecule has 0 amide bonds. The molecule has 2 heterocycles. The zero-order valence-corrected chi connectivity index (χ0v) is 24.8. The molecular formula is C28H35N5O7S. The Morgan fingerprint density at radius 3 is 2.37 bits per heavy atom. The van der Waals surface area contributed by atoms with E-state index in [1.165, 1.54) is 45.6 Å². The van der Waals surface area contributed by atoms with Crippen LogP contribution in [0.4, 0.5) is 5.69 Å². The number of nitrogens with one attached hydrogen (secondary N) is 2. The number of ether oxygens (including phenoxy) is 4. The summed E-state index contributed by atoms with van der Waals surface area (Å²) in [7, 11) is 0.154. The predicted octanol–water partition coefficient (Wildman–Crippen LogP) is 4.35. The molecule has 0 aliphatic rings. The molecule has 0 aliphatic carbocycles. The summed E-state index contributed by atoms with van der Waals surface area (Å²) in [6, 6.07) is 7.44. The van der Waals surface area contributed by atoms with Gasteiger partial charge in [-0.05, 0) is 50.6 Å². The Balaban J connectivity index is 1.82. The largest absolute Gasteiger partial charge is 0.493 e. The van der Waals surface area contributed by atoms with Gasteiger partial charge in [0.25, 0.3) is 15.6 Å². The molecule has 2 N–H and O–H groups in total. The van der Waals surface area contributed by atoms with E-state index in [1.54, 1.807) is 17.5 Å². The summed E-state index contributed by atoms with van der Waals surface area (Å²) >= 11 is 0. The van der Waals surface area contributed by atoms with Crippen LogP contribution < -0.4 is 29.2 Å². The highest BCUT2D eigenvalue weighted by Crippen LogP contribution is 2.43. The van der Waals surface area contributed by atoms with Crippen LogP contribution in [0.5, 0.6) is 23.0 Å². The van der Waals surface area contributed by atoms with E-state index in [-0.39, 0.29) is 33.5 Å². The number of hydrogen-bond acceptors (Lipinski definition) is 9. The summed E-state index contributed by atoms with van der Waals surface area (Å²) in [5.74, 6) is 1.96. The summed E-state index contributed by atoms with van der Waals surface area (Å²) in [6.07, 6.45) is 3.63. The highest BCUT2D eigenvalue weighted by atomic mass is 32.2. The lowest BCUT2D eigenvalue weighted by Crippen LogP contribution is -2.17. The lowest BCUT2D eigenvalue weighted by Gasteiger charge is -2.17. The lowest BCUT2D eigenvalue weighted by molar-refractivity contribution is 0.325. The van der Waals surface area contributed by atoms with E-state index in [2.05, 4.69) is 26.7 Å². The third-order valence-electron chi connectivity index (χ3n) is 6.51. The van der Waals surface area contributed by atoms with Crippen LogP contribution in [0, 0.1) is 6.92 Å². The number of aromatic nitrogens is 4. The fourth-order valence-corrected chi connectivity index (χ4v) is 5.67. The van der Waals surface area contributed by atoms with Crippen LogP contribution in [0.2, 0.25) is 0 Å². The Bertz CT molecular complexity index is 1710. The average molecular weight is 586 g/mol. The second-order valence-corrected chi connectivity index (χ2v) is 10.9. The number of aromatic amines is 1. The Hall–Kier alpha value is -4.26. The maximum atomic E-state index is 13.6. The number of imidazole rings is 1. The van der Waals surface area contributed by atoms with E-state index in [9.17, 15) is 13.2 Å². The normalized spacial score (nSPS) is 11.5. The standard InChI is InChI=1S/C28H35N5O7S/c1-7-9-10-11-23-29-17(3)24-28(34)30-27(31-33(23)24)19-16-18(12-14-21(19)40-8-2)41(35,36)32-20-13-15-22(37-4)26(39-6)25(20)38-5/h12-16,32H,7-11H2,1-6H3,(H,30,31,34). The second-order valence-electron chi connectivity index (χ2n) is 9.21. The Morgan fingerprint density at radius 1 is 0.976 bits per heavy atom. The van der Waals surface area contributed by atoms with Crippen molar-refractivity contribution in [2.45, 2.75) is 51.3 Å². The maximum Gasteiger partial charge on any atom is 0.277 e. The predicted molar refractivity (Wildman–Crippen MR) is 155 cm³/mol. The SMILES string of the molecule is CCCCCc1nc(C)c2c(=O)[nH]c(-c3cc(S(=O)(=O)Nc4ccc(OC)c(OC)c4OC)ccc3OCC)nn12. The Morgan fingerprint density at radius 2 is 1.71 bits per heavy atom. The van der Waals surface area contributed by atoms with Gasteiger partial charge in [0, 0.05) is 6.42 Å². The number of unbranched alkanes of at least 4 members (excludes halogenated alkanes) is 2. The number of H-pyrrole nitrogens is 1. The number of methoxy groups -OCH3 is 3. The zero-order valence-electron chi connectivity index (χ0n) is 24.0. The van der Waals surface area contributed by atoms with Crippen LogP contribution in [-0.4, -0.2) is 55.9 Å². The molecule has 0 saturated heterocycles. The van der Waals surface area contributed by atoms with E-state index in [0.29, 0.717) is 47.1 Å². The number of sulfonamides is 1. The summed E-state index contributed by atoms with van der Waals surface area (Å²) in [4.78, 5) is 20.4. The second kappa shape index (κ2) is 12.5. The van der Waals surface area contributed by atoms with E-state index in [1.807, 2.05) is 6.92 Å². The van der Waals surface area contributed by atoms with Crippen molar-refractivity contribution in [1.29, 1.82) is 0 Å². The summed E-state index contributed by atoms with van der Waals surface area (Å²) in [5.41, 5.74) is 0.999. The number of nitrogens with zero attached hydrogens (tertiary/aromatic N) is 3. The van der Waals surface area contributed by atoms with Gasteiger partial charge >= 0.3 is 0 Å². The van der Waals surface area contributed by atoms with Crippen LogP contribution in [0.25, 0.3) is 16.9 Å². The molecule has 0 spiro atoms. The van der Waals surface area contributed by atoms with E-state index < -0.39 is 10.0 Å². The molecule has 0 saturated carbocycles. The van der Waals surface area contributed by atoms with Crippen molar-refractivity contribution in [2.75, 3.05) is 32.7 Å². The van der Waals surface area contributed by atoms with Gasteiger partial charge in [-0.15, -0.1) is 5.10 Å². The van der Waals surface area contributed by atoms with E-state index in [4.69, 9.17) is 18.9 Å². The van der Waals surface area contributed by atoms with Gasteiger partial charge in [-0.3, -0.25) is 9.52 Å². The minimum Gasteiger partial charge on any atom is -0.493 e. The minimum absolute atomic E-state index is 0.0829. The van der Waals surface area contributed by atoms with Gasteiger partial charge in [-0.1, -0.05) is 19.8 Å². The maximum absolute atomic E-state index is 13.6. The molecule has 0 unspecified atom stereocenters. The summed E-state index contributed by atoms with van der Waals surface area (Å²) < 4.78 is 53.1. The molecule has 12 nitrogen and oxygen atoms in total. The van der Waals surface area contributed by atoms with E-state index in [0.717, 1.165) is 19.3 Å². The van der Waals surface area contributed by atoms with Crippen LogP contribution in [0.3, 0.4) is 0 Å². The Labute approximate surface area is 238 Å². The third kappa shape index (κ3) is 5.94. The number of fused-ring (bicyclic) bond motifs is 1. The Kier molecular flexibility index (Phi) is 9.06. The summed E-state index contributed by atoms with van der Waals surface area (Å²) in [5, 5.41) is 4.68. The fourth-order valence-electron chi connectivity index (χ4n) is 4.58. The van der Waals surface area contributed by atoms with Gasteiger partial charge < -0.3 is 23.9 Å². The highest BCUT2D eigenvalue weighted by molar-refractivity contribution is 7.92. The van der Waals surface area contributed by atoms with Crippen molar-refractivity contribution in [3.63, 3.8) is 0 Å². The molecule has 41 heavy (non-hydrogen) atoms. The number of rotatable bonds is 13. The molecule has 4 aromatic rings. The van der Waals surface area contributed by atoms with Crippen LogP contribution in [-0.2, 0) is 16.4 Å². The van der Waals surface area contributed by atoms with Crippen LogP contribution >= 0.6 is 0 Å². The molecule has 4 rings (SSSR count). The molecule has 0 radical (unpaired) electrons. The number of anilines is 1. The first-order valence-corrected chi connectivity index (χ1v) is 14.7. The van der Waals surface area contributed by atoms with Crippen molar-refractivity contribution < 1.29 is 27.4 Å². The highest BCUT2D eigenvalue weighted by Gasteiger charge is 2.24. The van der Waals surface area contributed by atoms with Crippen molar-refractivity contribution in [2.24, 2.45) is 0 Å². The van der Waals surface area contributed by atoms with Crippen LogP contribution in [0.15, 0.2) is 40.0 Å². The smallest absolute Gasteiger partial charge is 0.277 e. The van der Waals surface area contributed by atoms with Gasteiger partial charge in [-0.25, -0.2) is 17.9 Å². The van der Waals surface area contributed by atoms with Gasteiger partial charge in [0.1, 0.15) is 11.6 Å². The van der Waals surface area contributed by atoms with Gasteiger partial charge in [-0.2, -0.15) is 0 Å². The third-order valence-corrected chi connectivity index (χ3v) is 7.87. The number of hydrogen-bond donors (Lipinski definition) is 2. The van der Waals surface area contributed by atoms with E-state index >= 15 is 0 Å². The molecule has 0 bridgehead atoms. The average Bonchev–Trinajstić information content (AvgIpc) is 3.28. The topological polar surface area (TPSA) is 146 Å². The fraction of sp³-hybridized carbons (Fsp3) is 0.393. The van der Waals surface area contributed by atoms with Crippen molar-refractivity contribution in [3.8, 4) is 34.4 Å². The zero-order chi connectivity index (χ0) is 29.7. The van der Waals surface area contributed by atoms with Gasteiger partial charge in [0.15, 0.2) is 22.8 Å². The molecule has 220 valence electrons. The van der Waals surface area contributed by atoms with Crippen molar-refractivity contribution >= 4 is 21.2 Å². The first-order chi connectivity index (χ1) is 19.7. The lowest BCUT2D eigenvalue weighted by atomic mass is 10.2. The van der Waals surface area contributed by atoms with Crippen molar-refractivity contribution in [1.82, 2.24) is 19.6 Å². The first-order valence-electron chi connectivity index (χ1n) is 13.3.